The molecule has 1 aliphatic carbocycles. The van der Waals surface area contributed by atoms with Gasteiger partial charge in [0.1, 0.15) is 0 Å². The van der Waals surface area contributed by atoms with Crippen LogP contribution in [0.1, 0.15) is 31.4 Å². The van der Waals surface area contributed by atoms with Gasteiger partial charge in [-0.1, -0.05) is 37.3 Å². The summed E-state index contributed by atoms with van der Waals surface area (Å²) in [6.45, 7) is 2.56. The fraction of sp³-hybridized carbons (Fsp3) is 0.529. The van der Waals surface area contributed by atoms with E-state index in [-0.39, 0.29) is 29.7 Å². The second-order valence-electron chi connectivity index (χ2n) is 6.33. The van der Waals surface area contributed by atoms with Crippen LogP contribution in [0.3, 0.4) is 0 Å². The van der Waals surface area contributed by atoms with Crippen LogP contribution in [0.25, 0.3) is 0 Å². The number of likely N-dealkylation sites (N-methyl/N-ethyl adjacent to an activating group) is 1. The molecule has 0 aromatic heterocycles. The fourth-order valence-corrected chi connectivity index (χ4v) is 3.76. The van der Waals surface area contributed by atoms with Gasteiger partial charge in [0.25, 0.3) is 0 Å². The number of hydrogen-bond donors (Lipinski definition) is 1. The van der Waals surface area contributed by atoms with Crippen molar-refractivity contribution in [2.45, 2.75) is 25.8 Å². The number of likely N-dealkylation sites (tertiary alicyclic amines) is 1. The van der Waals surface area contributed by atoms with Crippen LogP contribution in [-0.4, -0.2) is 30.3 Å². The summed E-state index contributed by atoms with van der Waals surface area (Å²) in [4.78, 5) is 26.5. The van der Waals surface area contributed by atoms with E-state index < -0.39 is 0 Å². The third-order valence-electron chi connectivity index (χ3n) is 4.88. The largest absolute Gasteiger partial charge is 0.312 e. The van der Waals surface area contributed by atoms with Gasteiger partial charge in [0.15, 0.2) is 0 Å². The van der Waals surface area contributed by atoms with E-state index in [1.807, 2.05) is 37.4 Å². The molecule has 1 heterocycles. The molecule has 2 fully saturated rings. The van der Waals surface area contributed by atoms with Crippen LogP contribution in [0.4, 0.5) is 0 Å². The molecule has 0 spiro atoms. The Morgan fingerprint density at radius 2 is 1.71 bits per heavy atom. The van der Waals surface area contributed by atoms with Gasteiger partial charge < -0.3 is 5.32 Å². The molecule has 1 aliphatic heterocycles. The highest BCUT2D eigenvalue weighted by molar-refractivity contribution is 6.05. The molecule has 0 bridgehead atoms. The monoisotopic (exact) mass is 286 g/mol. The quantitative estimate of drug-likeness (QED) is 0.861. The van der Waals surface area contributed by atoms with Gasteiger partial charge in [-0.05, 0) is 31.4 Å². The topological polar surface area (TPSA) is 49.4 Å². The number of hydrogen-bond acceptors (Lipinski definition) is 3. The smallest absolute Gasteiger partial charge is 0.233 e. The minimum absolute atomic E-state index is 0.00431. The lowest BCUT2D eigenvalue weighted by Gasteiger charge is -2.24. The number of carbonyl (C=O) groups is 2. The molecular formula is C17H22N2O2. The first-order valence-electron chi connectivity index (χ1n) is 7.69. The summed E-state index contributed by atoms with van der Waals surface area (Å²) in [5, 5.41) is 3.21. The molecule has 3 rings (SSSR count). The number of nitrogens with one attached hydrogen (secondary N) is 1. The standard InChI is InChI=1S/C17H22N2O2/c1-11-8-13-14(9-11)17(21)19(16(13)20)10-15(18-2)12-6-4-3-5-7-12/h3-7,11,13-15,18H,8-10H2,1-2H3. The lowest BCUT2D eigenvalue weighted by molar-refractivity contribution is -0.140. The molecule has 1 saturated carbocycles. The van der Waals surface area contributed by atoms with Gasteiger partial charge in [0.2, 0.25) is 11.8 Å². The summed E-state index contributed by atoms with van der Waals surface area (Å²) >= 11 is 0. The first kappa shape index (κ1) is 14.3. The van der Waals surface area contributed by atoms with Crippen LogP contribution in [0, 0.1) is 17.8 Å². The predicted molar refractivity (Wildman–Crippen MR) is 80.3 cm³/mol. The maximum absolute atomic E-state index is 12.5. The van der Waals surface area contributed by atoms with E-state index in [2.05, 4.69) is 12.2 Å². The van der Waals surface area contributed by atoms with Gasteiger partial charge >= 0.3 is 0 Å². The lowest BCUT2D eigenvalue weighted by Crippen LogP contribution is -2.39. The summed E-state index contributed by atoms with van der Waals surface area (Å²) in [7, 11) is 1.87. The van der Waals surface area contributed by atoms with E-state index in [1.54, 1.807) is 0 Å². The number of rotatable bonds is 4. The van der Waals surface area contributed by atoms with Crippen LogP contribution in [-0.2, 0) is 9.59 Å². The molecule has 4 nitrogen and oxygen atoms in total. The molecule has 4 heteroatoms. The van der Waals surface area contributed by atoms with Gasteiger partial charge in [0.05, 0.1) is 17.9 Å². The summed E-state index contributed by atoms with van der Waals surface area (Å²) in [6.07, 6.45) is 1.72. The van der Waals surface area contributed by atoms with Crippen molar-refractivity contribution < 1.29 is 9.59 Å². The molecule has 3 unspecified atom stereocenters. The van der Waals surface area contributed by atoms with Crippen LogP contribution in [0.5, 0.6) is 0 Å². The molecule has 1 N–H and O–H groups in total. The minimum Gasteiger partial charge on any atom is -0.312 e. The maximum Gasteiger partial charge on any atom is 0.233 e. The Labute approximate surface area is 125 Å². The Morgan fingerprint density at radius 3 is 2.24 bits per heavy atom. The zero-order valence-electron chi connectivity index (χ0n) is 12.6. The first-order chi connectivity index (χ1) is 10.1. The number of carbonyl (C=O) groups excluding carboxylic acids is 2. The number of imide groups is 1. The Bertz CT molecular complexity index is 519. The Kier molecular flexibility index (Phi) is 3.81. The highest BCUT2D eigenvalue weighted by atomic mass is 16.2. The molecule has 0 radical (unpaired) electrons. The average molecular weight is 286 g/mol. The normalized spacial score (nSPS) is 29.8. The summed E-state index contributed by atoms with van der Waals surface area (Å²) in [5.74, 6) is 0.418. The third-order valence-corrected chi connectivity index (χ3v) is 4.88. The van der Waals surface area contributed by atoms with E-state index in [0.29, 0.717) is 12.5 Å². The summed E-state index contributed by atoms with van der Waals surface area (Å²) in [5.41, 5.74) is 1.10. The van der Waals surface area contributed by atoms with Gasteiger partial charge in [-0.2, -0.15) is 0 Å². The molecule has 2 aliphatic rings. The summed E-state index contributed by atoms with van der Waals surface area (Å²) < 4.78 is 0. The molecule has 3 atom stereocenters. The molecule has 1 aromatic carbocycles. The van der Waals surface area contributed by atoms with Crippen molar-refractivity contribution in [3.8, 4) is 0 Å². The van der Waals surface area contributed by atoms with Crippen molar-refractivity contribution in [2.75, 3.05) is 13.6 Å². The van der Waals surface area contributed by atoms with Gasteiger partial charge in [-0.15, -0.1) is 0 Å². The SMILES string of the molecule is CNC(CN1C(=O)C2CC(C)CC2C1=O)c1ccccc1. The van der Waals surface area contributed by atoms with Crippen molar-refractivity contribution in [3.05, 3.63) is 35.9 Å². The van der Waals surface area contributed by atoms with Crippen molar-refractivity contribution in [1.82, 2.24) is 10.2 Å². The second-order valence-corrected chi connectivity index (χ2v) is 6.33. The van der Waals surface area contributed by atoms with Gasteiger partial charge in [-0.3, -0.25) is 14.5 Å². The zero-order chi connectivity index (χ0) is 15.0. The Hall–Kier alpha value is -1.68. The minimum atomic E-state index is -0.0687. The Morgan fingerprint density at radius 1 is 1.14 bits per heavy atom. The highest BCUT2D eigenvalue weighted by Gasteiger charge is 2.51. The van der Waals surface area contributed by atoms with Crippen LogP contribution < -0.4 is 5.32 Å². The molecule has 1 aromatic rings. The van der Waals surface area contributed by atoms with E-state index in [4.69, 9.17) is 0 Å². The van der Waals surface area contributed by atoms with Crippen molar-refractivity contribution >= 4 is 11.8 Å². The Balaban J connectivity index is 1.76. The summed E-state index contributed by atoms with van der Waals surface area (Å²) in [6, 6.07) is 9.96. The molecular weight excluding hydrogens is 264 g/mol. The van der Waals surface area contributed by atoms with Crippen molar-refractivity contribution in [2.24, 2.45) is 17.8 Å². The fourth-order valence-electron chi connectivity index (χ4n) is 3.76. The second kappa shape index (κ2) is 5.60. The first-order valence-corrected chi connectivity index (χ1v) is 7.69. The number of nitrogens with zero attached hydrogens (tertiary/aromatic N) is 1. The molecule has 2 amide bonds. The van der Waals surface area contributed by atoms with E-state index in [0.717, 1.165) is 18.4 Å². The zero-order valence-corrected chi connectivity index (χ0v) is 12.6. The van der Waals surface area contributed by atoms with E-state index in [1.165, 1.54) is 4.90 Å². The number of amides is 2. The molecule has 21 heavy (non-hydrogen) atoms. The van der Waals surface area contributed by atoms with Gasteiger partial charge in [0, 0.05) is 6.54 Å². The molecule has 112 valence electrons. The van der Waals surface area contributed by atoms with Crippen LogP contribution in [0.2, 0.25) is 0 Å². The average Bonchev–Trinajstić information content (AvgIpc) is 2.98. The van der Waals surface area contributed by atoms with Gasteiger partial charge in [-0.25, -0.2) is 0 Å². The van der Waals surface area contributed by atoms with Crippen molar-refractivity contribution in [1.29, 1.82) is 0 Å². The van der Waals surface area contributed by atoms with Crippen LogP contribution in [0.15, 0.2) is 30.3 Å². The highest BCUT2D eigenvalue weighted by Crippen LogP contribution is 2.43. The molecule has 1 saturated heterocycles. The number of benzene rings is 1. The number of fused-ring (bicyclic) bond motifs is 1. The lowest BCUT2D eigenvalue weighted by atomic mass is 10.00. The third kappa shape index (κ3) is 2.48. The van der Waals surface area contributed by atoms with Crippen LogP contribution >= 0.6 is 0 Å². The maximum atomic E-state index is 12.5. The van der Waals surface area contributed by atoms with Crippen molar-refractivity contribution in [3.63, 3.8) is 0 Å². The van der Waals surface area contributed by atoms with E-state index in [9.17, 15) is 9.59 Å². The predicted octanol–water partition coefficient (Wildman–Crippen LogP) is 1.98. The van der Waals surface area contributed by atoms with E-state index >= 15 is 0 Å².